The Balaban J connectivity index is 0.000000266. The van der Waals surface area contributed by atoms with E-state index in [1.807, 2.05) is 104 Å². The summed E-state index contributed by atoms with van der Waals surface area (Å²) in [6, 6.07) is 43.2. The molecule has 6 saturated heterocycles. The van der Waals surface area contributed by atoms with Gasteiger partial charge >= 0.3 is 23.9 Å². The average Bonchev–Trinajstić information content (AvgIpc) is 1.63. The molecule has 6 aliphatic rings. The van der Waals surface area contributed by atoms with E-state index in [1.54, 1.807) is 43.9 Å². The van der Waals surface area contributed by atoms with Crippen LogP contribution in [0.1, 0.15) is 260 Å². The van der Waals surface area contributed by atoms with Crippen LogP contribution in [-0.2, 0) is 102 Å². The highest BCUT2D eigenvalue weighted by Crippen LogP contribution is 2.50. The van der Waals surface area contributed by atoms with Crippen molar-refractivity contribution in [1.29, 1.82) is 0 Å². The molecule has 24 heteroatoms. The molecule has 0 N–H and O–H groups in total. The third-order valence-corrected chi connectivity index (χ3v) is 28.7. The van der Waals surface area contributed by atoms with Gasteiger partial charge in [-0.25, -0.2) is 8.78 Å². The van der Waals surface area contributed by atoms with Crippen LogP contribution in [0, 0.1) is 59.0 Å². The third-order valence-electron chi connectivity index (χ3n) is 28.7. The van der Waals surface area contributed by atoms with Crippen molar-refractivity contribution in [3.63, 3.8) is 0 Å². The van der Waals surface area contributed by atoms with Gasteiger partial charge in [-0.1, -0.05) is 186 Å². The van der Waals surface area contributed by atoms with Gasteiger partial charge in [0, 0.05) is 63.2 Å². The second-order valence-corrected chi connectivity index (χ2v) is 36.4. The number of esters is 4. The number of carbonyl (C=O) groups is 12. The maximum Gasteiger partial charge on any atom is 0.306 e. The first kappa shape index (κ1) is 100. The first-order valence-electron chi connectivity index (χ1n) is 46.6. The van der Waals surface area contributed by atoms with Crippen LogP contribution in [0.3, 0.4) is 0 Å². The van der Waals surface area contributed by atoms with Crippen molar-refractivity contribution in [2.24, 2.45) is 47.3 Å². The summed E-state index contributed by atoms with van der Waals surface area (Å²) in [7, 11) is 5.29. The maximum absolute atomic E-state index is 14.2. The van der Waals surface area contributed by atoms with Gasteiger partial charge in [-0.2, -0.15) is 0 Å². The molecule has 6 aliphatic heterocycles. The number of ketones is 4. The molecule has 0 bridgehead atoms. The average molecular weight is 1780 g/mol. The zero-order valence-electron chi connectivity index (χ0n) is 76.9. The first-order chi connectivity index (χ1) is 61.5. The number of nitrogens with zero attached hydrogens (tertiary/aromatic N) is 6. The molecule has 6 aromatic carbocycles. The summed E-state index contributed by atoms with van der Waals surface area (Å²) < 4.78 is 48.0. The Hall–Kier alpha value is -10.8. The predicted molar refractivity (Wildman–Crippen MR) is 492 cm³/mol. The van der Waals surface area contributed by atoms with Gasteiger partial charge in [0.25, 0.3) is 0 Å². The number of likely N-dealkylation sites (tertiary alicyclic amines) is 4. The summed E-state index contributed by atoms with van der Waals surface area (Å²) in [6.45, 7) is 17.8. The number of hydrogen-bond donors (Lipinski definition) is 0. The summed E-state index contributed by atoms with van der Waals surface area (Å²) in [4.78, 5) is 170. The van der Waals surface area contributed by atoms with E-state index in [9.17, 15) is 66.3 Å². The fraction of sp³-hybridized carbons (Fsp3) is 0.543. The molecule has 0 radical (unpaired) electrons. The number of carbonyl (C=O) groups excluding carboxylic acids is 12. The van der Waals surface area contributed by atoms with Gasteiger partial charge < -0.3 is 48.3 Å². The molecule has 6 heterocycles. The molecule has 129 heavy (non-hydrogen) atoms. The van der Waals surface area contributed by atoms with Crippen LogP contribution in [0.5, 0.6) is 0 Å². The molecular weight excluding hydrogens is 1640 g/mol. The Morgan fingerprint density at radius 1 is 0.302 bits per heavy atom. The molecule has 22 nitrogen and oxygen atoms in total. The highest BCUT2D eigenvalue weighted by atomic mass is 19.1. The molecule has 0 spiro atoms. The predicted octanol–water partition coefficient (Wildman–Crippen LogP) is 17.8. The number of hydrogen-bond acceptors (Lipinski definition) is 18. The Morgan fingerprint density at radius 2 is 0.496 bits per heavy atom. The molecular formula is C105H136F2N6O16. The van der Waals surface area contributed by atoms with Gasteiger partial charge in [0.1, 0.15) is 11.6 Å². The topological polar surface area (TPSA) is 261 Å². The van der Waals surface area contributed by atoms with Crippen LogP contribution in [0.15, 0.2) is 146 Å². The van der Waals surface area contributed by atoms with E-state index in [4.69, 9.17) is 18.9 Å². The second kappa shape index (κ2) is 47.2. The monoisotopic (exact) mass is 1770 g/mol. The zero-order chi connectivity index (χ0) is 92.2. The van der Waals surface area contributed by atoms with Crippen LogP contribution < -0.4 is 9.80 Å². The number of anilines is 2. The van der Waals surface area contributed by atoms with Crippen LogP contribution in [0.25, 0.3) is 0 Å². The number of ether oxygens (including phenoxy) is 4. The van der Waals surface area contributed by atoms with Gasteiger partial charge in [0.2, 0.25) is 23.6 Å². The standard InChI is InChI=1S/2C52H66FN3O8.CH4/c2*1-7-33(3)41(31-49(59)63-5)51(61)54-27-9-11-45(54)47(57)29-35-13-17-37(18-14-35)43-25-26-44(56(43)40-23-21-39(53)22-24-40)38-19-15-36(16-20-38)30-48(58)46-12-10-28-55(46)52(62)42(34(4)8-2)32-50(60)64-6;/h2*13-24,33-34,41-46H,7-12,25-32H2,1-6H3;1H4/t33-,34-,41+,42+,43+,44+,45+,46+;33-,34-,41+,42+,43-,44-,45+,46+;/m11./s1. The van der Waals surface area contributed by atoms with Gasteiger partial charge in [0.05, 0.1) is 126 Å². The minimum Gasteiger partial charge on any atom is -0.469 e. The molecule has 696 valence electrons. The molecule has 4 amide bonds. The first-order valence-corrected chi connectivity index (χ1v) is 46.6. The van der Waals surface area contributed by atoms with Crippen molar-refractivity contribution in [3.05, 3.63) is 202 Å². The quantitative estimate of drug-likeness (QED) is 0.0258. The van der Waals surface area contributed by atoms with E-state index < -0.39 is 71.7 Å². The lowest BCUT2D eigenvalue weighted by molar-refractivity contribution is -0.149. The molecule has 0 saturated carbocycles. The minimum absolute atomic E-state index is 0. The zero-order valence-corrected chi connectivity index (χ0v) is 76.9. The number of halogens is 2. The fourth-order valence-electron chi connectivity index (χ4n) is 20.2. The normalized spacial score (nSPS) is 21.4. The summed E-state index contributed by atoms with van der Waals surface area (Å²) in [6.07, 6.45) is 12.3. The minimum atomic E-state index is -0.535. The smallest absolute Gasteiger partial charge is 0.306 e. The molecule has 0 aliphatic carbocycles. The van der Waals surface area contributed by atoms with Crippen LogP contribution in [0.2, 0.25) is 0 Å². The summed E-state index contributed by atoms with van der Waals surface area (Å²) in [5.74, 6) is -5.28. The highest BCUT2D eigenvalue weighted by molar-refractivity contribution is 5.96. The summed E-state index contributed by atoms with van der Waals surface area (Å²) in [5, 5.41) is 0. The van der Waals surface area contributed by atoms with Crippen molar-refractivity contribution >= 4 is 82.0 Å². The van der Waals surface area contributed by atoms with E-state index in [0.717, 1.165) is 133 Å². The van der Waals surface area contributed by atoms with E-state index in [-0.39, 0.29) is 165 Å². The number of rotatable bonds is 38. The van der Waals surface area contributed by atoms with Crippen LogP contribution in [-0.4, -0.2) is 169 Å². The number of Topliss-reactive ketones (excluding diaryl/α,β-unsaturated/α-hetero) is 4. The Morgan fingerprint density at radius 3 is 0.674 bits per heavy atom. The van der Waals surface area contributed by atoms with Crippen molar-refractivity contribution < 1.29 is 85.3 Å². The van der Waals surface area contributed by atoms with Crippen molar-refractivity contribution in [2.75, 3.05) is 64.4 Å². The lowest BCUT2D eigenvalue weighted by Gasteiger charge is -2.33. The number of benzene rings is 6. The molecule has 6 aromatic rings. The molecule has 0 unspecified atom stereocenters. The van der Waals surface area contributed by atoms with Crippen molar-refractivity contribution in [2.45, 2.75) is 265 Å². The molecule has 0 aromatic heterocycles. The summed E-state index contributed by atoms with van der Waals surface area (Å²) in [5.41, 5.74) is 9.47. The van der Waals surface area contributed by atoms with Gasteiger partial charge in [-0.3, -0.25) is 57.5 Å². The fourth-order valence-corrected chi connectivity index (χ4v) is 20.2. The van der Waals surface area contributed by atoms with E-state index >= 15 is 0 Å². The van der Waals surface area contributed by atoms with Gasteiger partial charge in [0.15, 0.2) is 23.1 Å². The molecule has 12 rings (SSSR count). The van der Waals surface area contributed by atoms with Gasteiger partial charge in [-0.05, 0) is 194 Å². The lowest BCUT2D eigenvalue weighted by atomic mass is 9.87. The Bertz CT molecular complexity index is 4260. The van der Waals surface area contributed by atoms with Crippen LogP contribution in [0.4, 0.5) is 20.2 Å². The Labute approximate surface area is 761 Å². The van der Waals surface area contributed by atoms with E-state index in [0.29, 0.717) is 51.9 Å². The largest absolute Gasteiger partial charge is 0.469 e. The lowest BCUT2D eigenvalue weighted by Crippen LogP contribution is -2.46. The SMILES string of the molecule is C.CC[C@@H](C)[C@H](CC(=O)OC)C(=O)N1CCC[C@H]1C(=O)Cc1ccc([C@@H]2CC[C@@H](c3ccc(CC(=O)[C@@H]4CCCN4C(=O)[C@@H](CC(=O)OC)[C@H](C)CC)cc3)N2c2ccc(F)cc2)cc1.CC[C@@H](C)[C@H](CC(=O)OC)C(=O)N1CCC[C@H]1C(=O)Cc1ccc([C@H]2CC[C@H](c3ccc(CC(=O)[C@@H]4CCCN4C(=O)[C@@H](CC(=O)OC)[C@H](C)CC)cc3)N2c2ccc(F)cc2)cc1. The number of methoxy groups -OCH3 is 4. The van der Waals surface area contributed by atoms with Crippen molar-refractivity contribution in [1.82, 2.24) is 19.6 Å². The second-order valence-electron chi connectivity index (χ2n) is 36.4. The van der Waals surface area contributed by atoms with E-state index in [1.165, 1.54) is 52.7 Å². The third kappa shape index (κ3) is 24.7. The maximum atomic E-state index is 14.2. The number of amides is 4. The van der Waals surface area contributed by atoms with Crippen molar-refractivity contribution in [3.8, 4) is 0 Å². The van der Waals surface area contributed by atoms with Crippen LogP contribution >= 0.6 is 0 Å². The van der Waals surface area contributed by atoms with E-state index in [2.05, 4.69) is 58.3 Å². The molecule has 6 fully saturated rings. The molecule has 16 atom stereocenters. The van der Waals surface area contributed by atoms with Gasteiger partial charge in [-0.15, -0.1) is 0 Å². The Kier molecular flexibility index (Phi) is 36.7. The summed E-state index contributed by atoms with van der Waals surface area (Å²) >= 11 is 0. The highest BCUT2D eigenvalue weighted by Gasteiger charge is 2.46.